The number of hydrogen-bond donors (Lipinski definition) is 2. The zero-order chi connectivity index (χ0) is 15.6. The summed E-state index contributed by atoms with van der Waals surface area (Å²) in [5.41, 5.74) is -0.949. The average Bonchev–Trinajstić information content (AvgIpc) is 2.44. The zero-order valence-electron chi connectivity index (χ0n) is 11.0. The molecule has 0 heterocycles. The maximum atomic E-state index is 13.5. The van der Waals surface area contributed by atoms with E-state index >= 15 is 0 Å². The van der Waals surface area contributed by atoms with E-state index in [0.29, 0.717) is 37.8 Å². The van der Waals surface area contributed by atoms with Crippen molar-refractivity contribution in [2.75, 3.05) is 0 Å². The van der Waals surface area contributed by atoms with Gasteiger partial charge in [-0.3, -0.25) is 9.59 Å². The van der Waals surface area contributed by atoms with E-state index in [9.17, 15) is 22.8 Å². The highest BCUT2D eigenvalue weighted by Gasteiger charge is 2.28. The first-order valence-electron chi connectivity index (χ1n) is 6.57. The van der Waals surface area contributed by atoms with E-state index in [2.05, 4.69) is 5.32 Å². The van der Waals surface area contributed by atoms with E-state index in [0.717, 1.165) is 0 Å². The molecule has 1 aliphatic rings. The molecule has 0 bridgehead atoms. The number of aliphatic carboxylic acids is 1. The van der Waals surface area contributed by atoms with E-state index in [1.165, 1.54) is 0 Å². The number of carbonyl (C=O) groups is 2. The van der Waals surface area contributed by atoms with Crippen LogP contribution in [0.1, 0.15) is 36.0 Å². The van der Waals surface area contributed by atoms with Crippen molar-refractivity contribution < 1.29 is 27.9 Å². The lowest BCUT2D eigenvalue weighted by atomic mass is 9.86. The Balaban J connectivity index is 2.03. The van der Waals surface area contributed by atoms with E-state index in [1.54, 1.807) is 0 Å². The first-order chi connectivity index (χ1) is 9.90. The molecule has 2 N–H and O–H groups in total. The molecule has 1 aromatic carbocycles. The maximum Gasteiger partial charge on any atom is 0.306 e. The summed E-state index contributed by atoms with van der Waals surface area (Å²) >= 11 is 0. The van der Waals surface area contributed by atoms with Gasteiger partial charge >= 0.3 is 5.97 Å². The minimum absolute atomic E-state index is 0.366. The van der Waals surface area contributed by atoms with Crippen LogP contribution in [0.4, 0.5) is 13.2 Å². The number of hydrogen-bond acceptors (Lipinski definition) is 2. The molecule has 7 heteroatoms. The third-order valence-corrected chi connectivity index (χ3v) is 3.68. The molecule has 1 saturated carbocycles. The fourth-order valence-corrected chi connectivity index (χ4v) is 2.48. The highest BCUT2D eigenvalue weighted by Crippen LogP contribution is 2.25. The highest BCUT2D eigenvalue weighted by molar-refractivity contribution is 5.95. The molecule has 4 nitrogen and oxygen atoms in total. The van der Waals surface area contributed by atoms with Crippen LogP contribution in [0.2, 0.25) is 0 Å². The summed E-state index contributed by atoms with van der Waals surface area (Å²) in [5.74, 6) is -6.32. The largest absolute Gasteiger partial charge is 0.481 e. The van der Waals surface area contributed by atoms with Crippen LogP contribution < -0.4 is 5.32 Å². The minimum Gasteiger partial charge on any atom is -0.481 e. The Morgan fingerprint density at radius 2 is 1.62 bits per heavy atom. The number of amides is 1. The molecule has 0 aromatic heterocycles. The third-order valence-electron chi connectivity index (χ3n) is 3.68. The molecule has 114 valence electrons. The van der Waals surface area contributed by atoms with Crippen molar-refractivity contribution >= 4 is 11.9 Å². The van der Waals surface area contributed by atoms with Gasteiger partial charge in [0.1, 0.15) is 11.4 Å². The number of halogens is 3. The predicted octanol–water partition coefficient (Wildman–Crippen LogP) is 2.48. The van der Waals surface area contributed by atoms with E-state index in [1.807, 2.05) is 0 Å². The van der Waals surface area contributed by atoms with Gasteiger partial charge in [-0.1, -0.05) is 0 Å². The Kier molecular flexibility index (Phi) is 4.50. The molecule has 2 rings (SSSR count). The number of carbonyl (C=O) groups excluding carboxylic acids is 1. The Labute approximate surface area is 119 Å². The second-order valence-electron chi connectivity index (χ2n) is 5.08. The smallest absolute Gasteiger partial charge is 0.306 e. The number of rotatable bonds is 3. The molecular formula is C14H14F3NO3. The number of carboxylic acids is 1. The molecule has 1 aliphatic carbocycles. The van der Waals surface area contributed by atoms with Gasteiger partial charge in [-0.15, -0.1) is 0 Å². The monoisotopic (exact) mass is 301 g/mol. The first kappa shape index (κ1) is 15.3. The van der Waals surface area contributed by atoms with Crippen molar-refractivity contribution in [2.24, 2.45) is 5.92 Å². The fourth-order valence-electron chi connectivity index (χ4n) is 2.48. The molecule has 0 aliphatic heterocycles. The highest BCUT2D eigenvalue weighted by atomic mass is 19.2. The maximum absolute atomic E-state index is 13.5. The van der Waals surface area contributed by atoms with Gasteiger partial charge < -0.3 is 10.4 Å². The summed E-state index contributed by atoms with van der Waals surface area (Å²) in [6, 6.07) is 0.934. The van der Waals surface area contributed by atoms with Crippen molar-refractivity contribution in [1.82, 2.24) is 5.32 Å². The van der Waals surface area contributed by atoms with Gasteiger partial charge in [0.2, 0.25) is 0 Å². The van der Waals surface area contributed by atoms with Crippen molar-refractivity contribution in [2.45, 2.75) is 31.7 Å². The van der Waals surface area contributed by atoms with E-state index in [4.69, 9.17) is 5.11 Å². The quantitative estimate of drug-likeness (QED) is 0.843. The average molecular weight is 301 g/mol. The van der Waals surface area contributed by atoms with Crippen LogP contribution in [0, 0.1) is 23.4 Å². The molecule has 0 atom stereocenters. The molecule has 1 amide bonds. The van der Waals surface area contributed by atoms with Crippen LogP contribution in [0.15, 0.2) is 12.1 Å². The summed E-state index contributed by atoms with van der Waals surface area (Å²) in [4.78, 5) is 22.7. The molecule has 0 spiro atoms. The SMILES string of the molecule is O=C(NC1CCC(C(=O)O)CC1)c1c(F)ccc(F)c1F. The zero-order valence-corrected chi connectivity index (χ0v) is 11.0. The normalized spacial score (nSPS) is 21.9. The van der Waals surface area contributed by atoms with Gasteiger partial charge in [0.25, 0.3) is 5.91 Å². The molecule has 0 unspecified atom stereocenters. The standard InChI is InChI=1S/C14H14F3NO3/c15-9-5-6-10(16)12(17)11(9)13(19)18-8-3-1-7(2-4-8)14(20)21/h5-8H,1-4H2,(H,18,19)(H,20,21). The Hall–Kier alpha value is -2.05. The lowest BCUT2D eigenvalue weighted by Gasteiger charge is -2.26. The minimum atomic E-state index is -1.52. The molecular weight excluding hydrogens is 287 g/mol. The summed E-state index contributed by atoms with van der Waals surface area (Å²) in [7, 11) is 0. The topological polar surface area (TPSA) is 66.4 Å². The van der Waals surface area contributed by atoms with Gasteiger partial charge in [-0.05, 0) is 37.8 Å². The van der Waals surface area contributed by atoms with Gasteiger partial charge in [0.15, 0.2) is 11.6 Å². The molecule has 21 heavy (non-hydrogen) atoms. The molecule has 1 aromatic rings. The Bertz CT molecular complexity index is 569. The van der Waals surface area contributed by atoms with Crippen molar-refractivity contribution in [3.63, 3.8) is 0 Å². The third kappa shape index (κ3) is 3.34. The van der Waals surface area contributed by atoms with Crippen LogP contribution in [-0.2, 0) is 4.79 Å². The number of carboxylic acid groups (broad SMARTS) is 1. The molecule has 0 saturated heterocycles. The summed E-state index contributed by atoms with van der Waals surface area (Å²) < 4.78 is 40.0. The van der Waals surface area contributed by atoms with E-state index < -0.39 is 40.8 Å². The van der Waals surface area contributed by atoms with Gasteiger partial charge in [-0.2, -0.15) is 0 Å². The van der Waals surface area contributed by atoms with Crippen LogP contribution in [-0.4, -0.2) is 23.0 Å². The van der Waals surface area contributed by atoms with Crippen LogP contribution in [0.3, 0.4) is 0 Å². The summed E-state index contributed by atoms with van der Waals surface area (Å²) in [6.45, 7) is 0. The lowest BCUT2D eigenvalue weighted by molar-refractivity contribution is -0.142. The van der Waals surface area contributed by atoms with Gasteiger partial charge in [0, 0.05) is 6.04 Å². The Morgan fingerprint density at radius 1 is 1.05 bits per heavy atom. The second-order valence-corrected chi connectivity index (χ2v) is 5.08. The van der Waals surface area contributed by atoms with Crippen molar-refractivity contribution in [3.8, 4) is 0 Å². The summed E-state index contributed by atoms with van der Waals surface area (Å²) in [6.07, 6.45) is 1.57. The van der Waals surface area contributed by atoms with Crippen LogP contribution >= 0.6 is 0 Å². The molecule has 1 fully saturated rings. The fraction of sp³-hybridized carbons (Fsp3) is 0.429. The molecule has 0 radical (unpaired) electrons. The van der Waals surface area contributed by atoms with Crippen LogP contribution in [0.5, 0.6) is 0 Å². The number of nitrogens with one attached hydrogen (secondary N) is 1. The van der Waals surface area contributed by atoms with Crippen molar-refractivity contribution in [3.05, 3.63) is 35.1 Å². The summed E-state index contributed by atoms with van der Waals surface area (Å²) in [5, 5.41) is 11.3. The lowest BCUT2D eigenvalue weighted by Crippen LogP contribution is -2.39. The second kappa shape index (κ2) is 6.15. The van der Waals surface area contributed by atoms with Crippen LogP contribution in [0.25, 0.3) is 0 Å². The Morgan fingerprint density at radius 3 is 2.19 bits per heavy atom. The van der Waals surface area contributed by atoms with Gasteiger partial charge in [0.05, 0.1) is 5.92 Å². The van der Waals surface area contributed by atoms with E-state index in [-0.39, 0.29) is 6.04 Å². The number of benzene rings is 1. The van der Waals surface area contributed by atoms with Gasteiger partial charge in [-0.25, -0.2) is 13.2 Å². The first-order valence-corrected chi connectivity index (χ1v) is 6.57. The predicted molar refractivity (Wildman–Crippen MR) is 67.2 cm³/mol. The van der Waals surface area contributed by atoms with Crippen molar-refractivity contribution in [1.29, 1.82) is 0 Å².